The molecule has 0 unspecified atom stereocenters. The molecule has 1 N–H and O–H groups in total. The number of anilines is 1. The number of oxazole rings is 1. The summed E-state index contributed by atoms with van der Waals surface area (Å²) in [5.74, 6) is 0.292. The Hall–Kier alpha value is -3.57. The highest BCUT2D eigenvalue weighted by Gasteiger charge is 2.16. The molecule has 0 saturated heterocycles. The second-order valence-electron chi connectivity index (χ2n) is 6.79. The van der Waals surface area contributed by atoms with Crippen molar-refractivity contribution in [2.24, 2.45) is 0 Å². The number of nitrogens with one attached hydrogen (secondary N) is 1. The number of hydrogen-bond donors (Lipinski definition) is 1. The number of nitrogens with zero attached hydrogens (tertiary/aromatic N) is 1. The molecule has 142 valence electrons. The number of rotatable bonds is 3. The van der Waals surface area contributed by atoms with Crippen molar-refractivity contribution >= 4 is 45.3 Å². The van der Waals surface area contributed by atoms with E-state index < -0.39 is 0 Å². The monoisotopic (exact) mass is 402 g/mol. The Morgan fingerprint density at radius 1 is 0.966 bits per heavy atom. The number of aromatic nitrogens is 1. The van der Waals surface area contributed by atoms with Gasteiger partial charge in [-0.05, 0) is 55.0 Å². The molecule has 2 heterocycles. The van der Waals surface area contributed by atoms with Crippen LogP contribution < -0.4 is 5.32 Å². The Labute approximate surface area is 170 Å². The first kappa shape index (κ1) is 17.5. The Bertz CT molecular complexity index is 1350. The van der Waals surface area contributed by atoms with Crippen molar-refractivity contribution in [1.29, 1.82) is 0 Å². The van der Waals surface area contributed by atoms with Gasteiger partial charge in [-0.25, -0.2) is 4.98 Å². The average Bonchev–Trinajstić information content (AvgIpc) is 3.33. The Morgan fingerprint density at radius 2 is 1.83 bits per heavy atom. The maximum atomic E-state index is 12.7. The first-order chi connectivity index (χ1) is 14.1. The van der Waals surface area contributed by atoms with Crippen molar-refractivity contribution in [2.75, 3.05) is 5.32 Å². The van der Waals surface area contributed by atoms with E-state index in [-0.39, 0.29) is 11.7 Å². The van der Waals surface area contributed by atoms with E-state index in [0.29, 0.717) is 33.3 Å². The van der Waals surface area contributed by atoms with E-state index in [1.807, 2.05) is 49.4 Å². The summed E-state index contributed by atoms with van der Waals surface area (Å²) >= 11 is 6.30. The number of benzene rings is 3. The van der Waals surface area contributed by atoms with Gasteiger partial charge in [0, 0.05) is 10.9 Å². The summed E-state index contributed by atoms with van der Waals surface area (Å²) in [5.41, 5.74) is 4.40. The molecule has 29 heavy (non-hydrogen) atoms. The smallest absolute Gasteiger partial charge is 0.291 e. The molecule has 1 amide bonds. The molecule has 0 saturated carbocycles. The quantitative estimate of drug-likeness (QED) is 0.376. The van der Waals surface area contributed by atoms with Crippen LogP contribution in [0.2, 0.25) is 5.02 Å². The lowest BCUT2D eigenvalue weighted by atomic mass is 10.2. The zero-order valence-electron chi connectivity index (χ0n) is 15.4. The minimum atomic E-state index is -0.381. The van der Waals surface area contributed by atoms with Crippen LogP contribution in [0.1, 0.15) is 16.1 Å². The van der Waals surface area contributed by atoms with E-state index in [2.05, 4.69) is 10.3 Å². The van der Waals surface area contributed by atoms with Gasteiger partial charge in [-0.2, -0.15) is 0 Å². The topological polar surface area (TPSA) is 68.3 Å². The minimum Gasteiger partial charge on any atom is -0.451 e. The van der Waals surface area contributed by atoms with Gasteiger partial charge in [-0.1, -0.05) is 35.9 Å². The molecule has 3 aromatic carbocycles. The van der Waals surface area contributed by atoms with E-state index in [1.54, 1.807) is 24.3 Å². The van der Waals surface area contributed by atoms with Crippen LogP contribution in [0, 0.1) is 6.92 Å². The molecular formula is C23H15ClN2O3. The van der Waals surface area contributed by atoms with Crippen molar-refractivity contribution < 1.29 is 13.6 Å². The van der Waals surface area contributed by atoms with Crippen LogP contribution in [0.15, 0.2) is 75.6 Å². The predicted octanol–water partition coefficient (Wildman–Crippen LogP) is 6.46. The normalized spacial score (nSPS) is 11.2. The fraction of sp³-hybridized carbons (Fsp3) is 0.0435. The largest absolute Gasteiger partial charge is 0.451 e. The maximum Gasteiger partial charge on any atom is 0.291 e. The molecule has 0 atom stereocenters. The van der Waals surface area contributed by atoms with Gasteiger partial charge in [-0.15, -0.1) is 0 Å². The lowest BCUT2D eigenvalue weighted by molar-refractivity contribution is 0.0998. The van der Waals surface area contributed by atoms with Crippen LogP contribution in [0.5, 0.6) is 0 Å². The number of aryl methyl sites for hydroxylation is 1. The minimum absolute atomic E-state index is 0.213. The van der Waals surface area contributed by atoms with Gasteiger partial charge < -0.3 is 14.2 Å². The maximum absolute atomic E-state index is 12.7. The van der Waals surface area contributed by atoms with Gasteiger partial charge in [0.2, 0.25) is 5.89 Å². The summed E-state index contributed by atoms with van der Waals surface area (Å²) in [4.78, 5) is 17.2. The number of carbonyl (C=O) groups is 1. The van der Waals surface area contributed by atoms with E-state index in [0.717, 1.165) is 16.5 Å². The van der Waals surface area contributed by atoms with Crippen molar-refractivity contribution in [3.05, 3.63) is 83.1 Å². The number of furan rings is 1. The van der Waals surface area contributed by atoms with Crippen molar-refractivity contribution in [2.45, 2.75) is 6.92 Å². The highest BCUT2D eigenvalue weighted by molar-refractivity contribution is 6.34. The molecule has 5 aromatic rings. The number of amides is 1. The van der Waals surface area contributed by atoms with Gasteiger partial charge in [0.15, 0.2) is 11.3 Å². The molecule has 6 heteroatoms. The van der Waals surface area contributed by atoms with Crippen LogP contribution >= 0.6 is 11.6 Å². The van der Waals surface area contributed by atoms with Gasteiger partial charge in [0.1, 0.15) is 11.1 Å². The van der Waals surface area contributed by atoms with Crippen LogP contribution in [0.4, 0.5) is 5.69 Å². The molecule has 2 aromatic heterocycles. The third kappa shape index (κ3) is 3.26. The average molecular weight is 403 g/mol. The molecule has 0 spiro atoms. The SMILES string of the molecule is Cc1ccc2oc(-c3ccc(Cl)c(NC(=O)c4cc5ccccc5o4)c3)nc2c1. The van der Waals surface area contributed by atoms with Gasteiger partial charge in [-0.3, -0.25) is 4.79 Å². The third-order valence-corrected chi connectivity index (χ3v) is 4.98. The van der Waals surface area contributed by atoms with E-state index in [9.17, 15) is 4.79 Å². The molecular weight excluding hydrogens is 388 g/mol. The zero-order valence-corrected chi connectivity index (χ0v) is 16.2. The Balaban J connectivity index is 1.47. The van der Waals surface area contributed by atoms with Crippen LogP contribution in [-0.4, -0.2) is 10.9 Å². The van der Waals surface area contributed by atoms with Crippen LogP contribution in [-0.2, 0) is 0 Å². The molecule has 0 aliphatic carbocycles. The molecule has 0 bridgehead atoms. The summed E-state index contributed by atoms with van der Waals surface area (Å²) in [6.45, 7) is 2.00. The predicted molar refractivity (Wildman–Crippen MR) is 113 cm³/mol. The summed E-state index contributed by atoms with van der Waals surface area (Å²) < 4.78 is 11.5. The molecule has 0 radical (unpaired) electrons. The van der Waals surface area contributed by atoms with Crippen molar-refractivity contribution in [3.8, 4) is 11.5 Å². The highest BCUT2D eigenvalue weighted by Crippen LogP contribution is 2.31. The second-order valence-corrected chi connectivity index (χ2v) is 7.19. The summed E-state index contributed by atoms with van der Waals surface area (Å²) in [6.07, 6.45) is 0. The summed E-state index contributed by atoms with van der Waals surface area (Å²) in [6, 6.07) is 20.2. The van der Waals surface area contributed by atoms with Gasteiger partial charge >= 0.3 is 0 Å². The van der Waals surface area contributed by atoms with E-state index in [1.165, 1.54) is 0 Å². The number of fused-ring (bicyclic) bond motifs is 2. The molecule has 5 nitrogen and oxygen atoms in total. The fourth-order valence-electron chi connectivity index (χ4n) is 3.19. The Kier molecular flexibility index (Phi) is 4.11. The van der Waals surface area contributed by atoms with Crippen LogP contribution in [0.25, 0.3) is 33.5 Å². The highest BCUT2D eigenvalue weighted by atomic mass is 35.5. The Morgan fingerprint density at radius 3 is 2.69 bits per heavy atom. The molecule has 0 fully saturated rings. The summed E-state index contributed by atoms with van der Waals surface area (Å²) in [7, 11) is 0. The standard InChI is InChI=1S/C23H15ClN2O3/c1-13-6-9-20-18(10-13)26-23(29-20)15-7-8-16(24)17(11-15)25-22(27)21-12-14-4-2-3-5-19(14)28-21/h2-12H,1H3,(H,25,27). The van der Waals surface area contributed by atoms with E-state index in [4.69, 9.17) is 20.4 Å². The van der Waals surface area contributed by atoms with Gasteiger partial charge in [0.25, 0.3) is 5.91 Å². The fourth-order valence-corrected chi connectivity index (χ4v) is 3.36. The summed E-state index contributed by atoms with van der Waals surface area (Å²) in [5, 5.41) is 4.07. The zero-order chi connectivity index (χ0) is 20.0. The van der Waals surface area contributed by atoms with Crippen molar-refractivity contribution in [1.82, 2.24) is 4.98 Å². The number of halogens is 1. The lowest BCUT2D eigenvalue weighted by Gasteiger charge is -2.07. The number of hydrogen-bond acceptors (Lipinski definition) is 4. The van der Waals surface area contributed by atoms with Crippen LogP contribution in [0.3, 0.4) is 0 Å². The van der Waals surface area contributed by atoms with E-state index >= 15 is 0 Å². The van der Waals surface area contributed by atoms with Gasteiger partial charge in [0.05, 0.1) is 10.7 Å². The first-order valence-corrected chi connectivity index (χ1v) is 9.42. The third-order valence-electron chi connectivity index (χ3n) is 4.65. The molecule has 0 aliphatic heterocycles. The number of para-hydroxylation sites is 1. The molecule has 0 aliphatic rings. The first-order valence-electron chi connectivity index (χ1n) is 9.04. The second kappa shape index (κ2) is 6.79. The molecule has 5 rings (SSSR count). The number of carbonyl (C=O) groups excluding carboxylic acids is 1. The van der Waals surface area contributed by atoms with Crippen molar-refractivity contribution in [3.63, 3.8) is 0 Å². The lowest BCUT2D eigenvalue weighted by Crippen LogP contribution is -2.11.